The third-order valence-electron chi connectivity index (χ3n) is 4.10. The fourth-order valence-corrected chi connectivity index (χ4v) is 3.06. The highest BCUT2D eigenvalue weighted by Gasteiger charge is 2.42. The molecule has 2 fully saturated rings. The van der Waals surface area contributed by atoms with Crippen molar-refractivity contribution in [3.8, 4) is 0 Å². The average Bonchev–Trinajstić information content (AvgIpc) is 3.27. The van der Waals surface area contributed by atoms with Crippen LogP contribution in [0.4, 0.5) is 13.2 Å². The Morgan fingerprint density at radius 2 is 1.76 bits per heavy atom. The summed E-state index contributed by atoms with van der Waals surface area (Å²) in [6, 6.07) is 3.29. The van der Waals surface area contributed by atoms with Crippen LogP contribution in [0.2, 0.25) is 0 Å². The van der Waals surface area contributed by atoms with Gasteiger partial charge >= 0.3 is 6.18 Å². The molecule has 0 bridgehead atoms. The van der Waals surface area contributed by atoms with Crippen molar-refractivity contribution < 1.29 is 18.0 Å². The molecule has 0 radical (unpaired) electrons. The number of halogens is 4. The third-order valence-corrected chi connectivity index (χ3v) is 4.79. The highest BCUT2D eigenvalue weighted by molar-refractivity contribution is 9.10. The summed E-state index contributed by atoms with van der Waals surface area (Å²) in [5.41, 5.74) is -0.749. The van der Waals surface area contributed by atoms with Crippen LogP contribution in [0.1, 0.15) is 41.6 Å². The van der Waals surface area contributed by atoms with Crippen LogP contribution >= 0.6 is 15.9 Å². The summed E-state index contributed by atoms with van der Waals surface area (Å²) in [6.45, 7) is 0. The van der Waals surface area contributed by atoms with Gasteiger partial charge in [-0.15, -0.1) is 0 Å². The molecular weight excluding hydrogens is 347 g/mol. The maximum Gasteiger partial charge on any atom is 0.416 e. The van der Waals surface area contributed by atoms with E-state index in [2.05, 4.69) is 21.2 Å². The van der Waals surface area contributed by atoms with Crippen LogP contribution in [-0.2, 0) is 6.18 Å². The van der Waals surface area contributed by atoms with Gasteiger partial charge in [0.15, 0.2) is 0 Å². The van der Waals surface area contributed by atoms with E-state index in [0.29, 0.717) is 16.3 Å². The zero-order valence-electron chi connectivity index (χ0n) is 11.2. The molecule has 0 spiro atoms. The minimum atomic E-state index is -4.44. The lowest BCUT2D eigenvalue weighted by molar-refractivity contribution is -0.137. The molecule has 2 saturated carbocycles. The molecule has 6 heteroatoms. The zero-order chi connectivity index (χ0) is 15.2. The Hall–Kier alpha value is -1.04. The first-order valence-corrected chi connectivity index (χ1v) is 7.83. The van der Waals surface area contributed by atoms with Gasteiger partial charge in [-0.3, -0.25) is 4.79 Å². The van der Waals surface area contributed by atoms with Gasteiger partial charge in [0.05, 0.1) is 11.1 Å². The van der Waals surface area contributed by atoms with Crippen LogP contribution in [0, 0.1) is 11.8 Å². The molecule has 0 saturated heterocycles. The summed E-state index contributed by atoms with van der Waals surface area (Å²) in [5.74, 6) is 0.592. The Morgan fingerprint density at radius 3 is 2.24 bits per heavy atom. The first-order valence-electron chi connectivity index (χ1n) is 7.04. The molecule has 114 valence electrons. The summed E-state index contributed by atoms with van der Waals surface area (Å²) in [5, 5.41) is 2.94. The smallest absolute Gasteiger partial charge is 0.349 e. The molecule has 21 heavy (non-hydrogen) atoms. The van der Waals surface area contributed by atoms with Crippen LogP contribution in [0.15, 0.2) is 22.7 Å². The number of hydrogen-bond acceptors (Lipinski definition) is 1. The summed E-state index contributed by atoms with van der Waals surface area (Å²) >= 11 is 3.16. The van der Waals surface area contributed by atoms with Gasteiger partial charge < -0.3 is 5.32 Å². The SMILES string of the molecule is O=C(NC(C1CC1)C1CC1)c1cc(C(F)(F)F)ccc1Br. The van der Waals surface area contributed by atoms with Crippen molar-refractivity contribution >= 4 is 21.8 Å². The molecule has 3 rings (SSSR count). The van der Waals surface area contributed by atoms with Crippen molar-refractivity contribution in [2.75, 3.05) is 0 Å². The molecule has 0 heterocycles. The van der Waals surface area contributed by atoms with Crippen LogP contribution in [0.25, 0.3) is 0 Å². The number of hydrogen-bond donors (Lipinski definition) is 1. The lowest BCUT2D eigenvalue weighted by Crippen LogP contribution is -2.38. The molecule has 1 N–H and O–H groups in total. The summed E-state index contributed by atoms with van der Waals surface area (Å²) in [4.78, 5) is 12.3. The Balaban J connectivity index is 1.80. The summed E-state index contributed by atoms with van der Waals surface area (Å²) in [6.07, 6.45) is -0.0328. The van der Waals surface area contributed by atoms with Crippen molar-refractivity contribution in [2.45, 2.75) is 37.9 Å². The molecular formula is C15H15BrF3NO. The van der Waals surface area contributed by atoms with Gasteiger partial charge in [-0.05, 0) is 71.6 Å². The number of carbonyl (C=O) groups excluding carboxylic acids is 1. The highest BCUT2D eigenvalue weighted by atomic mass is 79.9. The fourth-order valence-electron chi connectivity index (χ4n) is 2.64. The molecule has 0 aliphatic heterocycles. The minimum Gasteiger partial charge on any atom is -0.349 e. The van der Waals surface area contributed by atoms with E-state index < -0.39 is 17.6 Å². The Bertz CT molecular complexity index is 553. The molecule has 0 unspecified atom stereocenters. The Kier molecular flexibility index (Phi) is 3.76. The standard InChI is InChI=1S/C15H15BrF3NO/c16-12-6-5-10(15(17,18)19)7-11(12)14(21)20-13(8-1-2-8)9-3-4-9/h5-9,13H,1-4H2,(H,20,21). The number of rotatable bonds is 4. The van der Waals surface area contributed by atoms with Crippen molar-refractivity contribution in [1.29, 1.82) is 0 Å². The van der Waals surface area contributed by atoms with E-state index in [4.69, 9.17) is 0 Å². The first kappa shape index (κ1) is 14.9. The molecule has 1 aromatic rings. The van der Waals surface area contributed by atoms with E-state index in [1.165, 1.54) is 6.07 Å². The van der Waals surface area contributed by atoms with Gasteiger partial charge in [-0.1, -0.05) is 0 Å². The van der Waals surface area contributed by atoms with E-state index in [9.17, 15) is 18.0 Å². The minimum absolute atomic E-state index is 0.0520. The van der Waals surface area contributed by atoms with Crippen LogP contribution < -0.4 is 5.32 Å². The zero-order valence-corrected chi connectivity index (χ0v) is 12.8. The Labute approximate surface area is 129 Å². The number of alkyl halides is 3. The van der Waals surface area contributed by atoms with Crippen LogP contribution in [0.3, 0.4) is 0 Å². The number of nitrogens with one attached hydrogen (secondary N) is 1. The van der Waals surface area contributed by atoms with Gasteiger partial charge in [0.2, 0.25) is 0 Å². The monoisotopic (exact) mass is 361 g/mol. The second-order valence-corrected chi connectivity index (χ2v) is 6.72. The molecule has 0 atom stereocenters. The average molecular weight is 362 g/mol. The largest absolute Gasteiger partial charge is 0.416 e. The van der Waals surface area contributed by atoms with Crippen molar-refractivity contribution in [3.05, 3.63) is 33.8 Å². The van der Waals surface area contributed by atoms with Gasteiger partial charge in [0, 0.05) is 10.5 Å². The third kappa shape index (κ3) is 3.42. The van der Waals surface area contributed by atoms with Crippen molar-refractivity contribution in [1.82, 2.24) is 5.32 Å². The lowest BCUT2D eigenvalue weighted by atomic mass is 10.1. The molecule has 1 amide bonds. The maximum absolute atomic E-state index is 12.8. The fraction of sp³-hybridized carbons (Fsp3) is 0.533. The molecule has 0 aromatic heterocycles. The highest BCUT2D eigenvalue weighted by Crippen LogP contribution is 2.44. The van der Waals surface area contributed by atoms with Gasteiger partial charge in [0.1, 0.15) is 0 Å². The number of benzene rings is 1. The molecule has 2 aliphatic rings. The summed E-state index contributed by atoms with van der Waals surface area (Å²) in [7, 11) is 0. The van der Waals surface area contributed by atoms with Crippen LogP contribution in [-0.4, -0.2) is 11.9 Å². The predicted octanol–water partition coefficient (Wildman–Crippen LogP) is 4.39. The van der Waals surface area contributed by atoms with Gasteiger partial charge in [0.25, 0.3) is 5.91 Å². The van der Waals surface area contributed by atoms with E-state index in [1.54, 1.807) is 0 Å². The summed E-state index contributed by atoms with van der Waals surface area (Å²) < 4.78 is 38.7. The molecule has 1 aromatic carbocycles. The second-order valence-electron chi connectivity index (χ2n) is 5.87. The van der Waals surface area contributed by atoms with E-state index >= 15 is 0 Å². The molecule has 2 nitrogen and oxygen atoms in total. The van der Waals surface area contributed by atoms with E-state index in [1.807, 2.05) is 0 Å². The van der Waals surface area contributed by atoms with E-state index in [0.717, 1.165) is 37.8 Å². The maximum atomic E-state index is 12.8. The Morgan fingerprint density at radius 1 is 1.19 bits per heavy atom. The molecule has 2 aliphatic carbocycles. The lowest BCUT2D eigenvalue weighted by Gasteiger charge is -2.18. The normalized spacial score (nSPS) is 18.9. The van der Waals surface area contributed by atoms with Gasteiger partial charge in [-0.2, -0.15) is 13.2 Å². The topological polar surface area (TPSA) is 29.1 Å². The second kappa shape index (κ2) is 5.30. The number of carbonyl (C=O) groups is 1. The van der Waals surface area contributed by atoms with Crippen molar-refractivity contribution in [2.24, 2.45) is 11.8 Å². The first-order chi connectivity index (χ1) is 9.86. The quantitative estimate of drug-likeness (QED) is 0.846. The van der Waals surface area contributed by atoms with Gasteiger partial charge in [-0.25, -0.2) is 0 Å². The van der Waals surface area contributed by atoms with Crippen molar-refractivity contribution in [3.63, 3.8) is 0 Å². The predicted molar refractivity (Wildman–Crippen MR) is 75.8 cm³/mol. The number of amides is 1. The van der Waals surface area contributed by atoms with E-state index in [-0.39, 0.29) is 11.6 Å². The van der Waals surface area contributed by atoms with Crippen LogP contribution in [0.5, 0.6) is 0 Å².